The Kier molecular flexibility index (Phi) is 6.20. The molecular weight excluding hydrogens is 275 g/mol. The number of benzene rings is 1. The van der Waals surface area contributed by atoms with Crippen molar-refractivity contribution in [2.45, 2.75) is 19.9 Å². The lowest BCUT2D eigenvalue weighted by Crippen LogP contribution is -2.27. The van der Waals surface area contributed by atoms with E-state index >= 15 is 0 Å². The Balaban J connectivity index is 2.60. The van der Waals surface area contributed by atoms with Crippen molar-refractivity contribution < 1.29 is 0 Å². The molecule has 17 heavy (non-hydrogen) atoms. The zero-order valence-electron chi connectivity index (χ0n) is 9.75. The Morgan fingerprint density at radius 2 is 2.06 bits per heavy atom. The van der Waals surface area contributed by atoms with Gasteiger partial charge >= 0.3 is 0 Å². The Morgan fingerprint density at radius 1 is 1.35 bits per heavy atom. The molecule has 0 saturated heterocycles. The van der Waals surface area contributed by atoms with E-state index in [1.807, 2.05) is 18.2 Å². The average Bonchev–Trinajstić information content (AvgIpc) is 2.28. The molecule has 0 saturated carbocycles. The van der Waals surface area contributed by atoms with E-state index in [1.165, 1.54) is 0 Å². The van der Waals surface area contributed by atoms with Gasteiger partial charge in [-0.2, -0.15) is 0 Å². The second-order valence-corrected chi connectivity index (χ2v) is 5.17. The molecule has 0 aromatic heterocycles. The molecule has 2 N–H and O–H groups in total. The van der Waals surface area contributed by atoms with E-state index in [0.29, 0.717) is 15.0 Å². The maximum absolute atomic E-state index is 5.98. The normalized spacial score (nSPS) is 10.8. The molecule has 0 heterocycles. The summed E-state index contributed by atoms with van der Waals surface area (Å²) in [5, 5.41) is 1.18. The summed E-state index contributed by atoms with van der Waals surface area (Å²) < 4.78 is 0. The number of nitrogens with zero attached hydrogens (tertiary/aromatic N) is 1. The highest BCUT2D eigenvalue weighted by molar-refractivity contribution is 7.80. The van der Waals surface area contributed by atoms with Crippen LogP contribution in [0, 0.1) is 0 Å². The molecule has 1 aromatic carbocycles. The molecule has 0 atom stereocenters. The van der Waals surface area contributed by atoms with Crippen LogP contribution in [-0.4, -0.2) is 23.0 Å². The van der Waals surface area contributed by atoms with Crippen LogP contribution >= 0.6 is 35.4 Å². The summed E-state index contributed by atoms with van der Waals surface area (Å²) >= 11 is 16.7. The lowest BCUT2D eigenvalue weighted by atomic mass is 10.2. The van der Waals surface area contributed by atoms with Crippen LogP contribution in [0.4, 0.5) is 0 Å². The number of thiocarbonyl (C=S) groups is 1. The van der Waals surface area contributed by atoms with Gasteiger partial charge in [0.1, 0.15) is 0 Å². The number of hydrogen-bond acceptors (Lipinski definition) is 2. The van der Waals surface area contributed by atoms with E-state index in [0.717, 1.165) is 31.6 Å². The van der Waals surface area contributed by atoms with Gasteiger partial charge in [-0.05, 0) is 24.2 Å². The van der Waals surface area contributed by atoms with E-state index in [1.54, 1.807) is 0 Å². The fourth-order valence-electron chi connectivity index (χ4n) is 1.51. The Hall–Kier alpha value is -0.350. The fourth-order valence-corrected chi connectivity index (χ4v) is 1.93. The SMILES string of the molecule is CCN(CCC(N)=S)Cc1ccc(Cl)c(Cl)c1. The molecule has 0 aliphatic carbocycles. The van der Waals surface area contributed by atoms with Crippen molar-refractivity contribution in [3.63, 3.8) is 0 Å². The van der Waals surface area contributed by atoms with Crippen LogP contribution in [0.3, 0.4) is 0 Å². The Morgan fingerprint density at radius 3 is 2.59 bits per heavy atom. The molecule has 2 nitrogen and oxygen atoms in total. The molecule has 5 heteroatoms. The lowest BCUT2D eigenvalue weighted by molar-refractivity contribution is 0.288. The molecule has 0 radical (unpaired) electrons. The van der Waals surface area contributed by atoms with E-state index in [-0.39, 0.29) is 0 Å². The topological polar surface area (TPSA) is 29.3 Å². The van der Waals surface area contributed by atoms with Gasteiger partial charge in [0.15, 0.2) is 0 Å². The van der Waals surface area contributed by atoms with Gasteiger partial charge < -0.3 is 5.73 Å². The summed E-state index contributed by atoms with van der Waals surface area (Å²) in [4.78, 5) is 2.82. The molecule has 0 aliphatic heterocycles. The molecule has 0 bridgehead atoms. The largest absolute Gasteiger partial charge is 0.393 e. The van der Waals surface area contributed by atoms with Crippen LogP contribution in [-0.2, 0) is 6.54 Å². The number of nitrogens with two attached hydrogens (primary N) is 1. The minimum atomic E-state index is 0.553. The van der Waals surface area contributed by atoms with Crippen molar-refractivity contribution in [1.82, 2.24) is 4.90 Å². The van der Waals surface area contributed by atoms with E-state index in [4.69, 9.17) is 41.2 Å². The summed E-state index contributed by atoms with van der Waals surface area (Å²) in [6.07, 6.45) is 0.741. The van der Waals surface area contributed by atoms with E-state index in [9.17, 15) is 0 Å². The van der Waals surface area contributed by atoms with Gasteiger partial charge in [-0.25, -0.2) is 0 Å². The van der Waals surface area contributed by atoms with Gasteiger partial charge in [-0.3, -0.25) is 4.90 Å². The highest BCUT2D eigenvalue weighted by Crippen LogP contribution is 2.23. The van der Waals surface area contributed by atoms with Crippen molar-refractivity contribution in [1.29, 1.82) is 0 Å². The maximum Gasteiger partial charge on any atom is 0.0740 e. The number of rotatable bonds is 6. The zero-order chi connectivity index (χ0) is 12.8. The van der Waals surface area contributed by atoms with Crippen molar-refractivity contribution in [2.75, 3.05) is 13.1 Å². The summed E-state index contributed by atoms with van der Waals surface area (Å²) in [6, 6.07) is 5.70. The summed E-state index contributed by atoms with van der Waals surface area (Å²) in [7, 11) is 0. The third-order valence-corrected chi connectivity index (χ3v) is 3.45. The Bertz CT molecular complexity index is 396. The van der Waals surface area contributed by atoms with Crippen LogP contribution in [0.2, 0.25) is 10.0 Å². The fraction of sp³-hybridized carbons (Fsp3) is 0.417. The first-order valence-electron chi connectivity index (χ1n) is 5.47. The maximum atomic E-state index is 5.98. The summed E-state index contributed by atoms with van der Waals surface area (Å²) in [5.74, 6) is 0. The van der Waals surface area contributed by atoms with Gasteiger partial charge in [0.2, 0.25) is 0 Å². The number of hydrogen-bond donors (Lipinski definition) is 1. The molecule has 0 aliphatic rings. The van der Waals surface area contributed by atoms with Gasteiger partial charge in [0, 0.05) is 19.5 Å². The second-order valence-electron chi connectivity index (χ2n) is 3.83. The smallest absolute Gasteiger partial charge is 0.0740 e. The van der Waals surface area contributed by atoms with Gasteiger partial charge in [-0.1, -0.05) is 48.4 Å². The second kappa shape index (κ2) is 7.17. The molecule has 0 fully saturated rings. The third-order valence-electron chi connectivity index (χ3n) is 2.51. The summed E-state index contributed by atoms with van der Waals surface area (Å²) in [5.41, 5.74) is 6.64. The highest BCUT2D eigenvalue weighted by Gasteiger charge is 2.06. The molecule has 94 valence electrons. The zero-order valence-corrected chi connectivity index (χ0v) is 12.1. The van der Waals surface area contributed by atoms with Gasteiger partial charge in [0.25, 0.3) is 0 Å². The van der Waals surface area contributed by atoms with Crippen molar-refractivity contribution in [3.8, 4) is 0 Å². The van der Waals surface area contributed by atoms with Crippen LogP contribution < -0.4 is 5.73 Å². The minimum absolute atomic E-state index is 0.553. The quantitative estimate of drug-likeness (QED) is 0.813. The third kappa shape index (κ3) is 5.21. The molecule has 1 aromatic rings. The van der Waals surface area contributed by atoms with Crippen molar-refractivity contribution in [2.24, 2.45) is 5.73 Å². The van der Waals surface area contributed by atoms with E-state index in [2.05, 4.69) is 11.8 Å². The summed E-state index contributed by atoms with van der Waals surface area (Å²) in [6.45, 7) is 4.75. The van der Waals surface area contributed by atoms with Gasteiger partial charge in [0.05, 0.1) is 15.0 Å². The van der Waals surface area contributed by atoms with Crippen LogP contribution in [0.5, 0.6) is 0 Å². The monoisotopic (exact) mass is 290 g/mol. The molecular formula is C12H16Cl2N2S. The minimum Gasteiger partial charge on any atom is -0.393 e. The lowest BCUT2D eigenvalue weighted by Gasteiger charge is -2.20. The van der Waals surface area contributed by atoms with Crippen LogP contribution in [0.1, 0.15) is 18.9 Å². The highest BCUT2D eigenvalue weighted by atomic mass is 35.5. The van der Waals surface area contributed by atoms with Crippen molar-refractivity contribution in [3.05, 3.63) is 33.8 Å². The first-order chi connectivity index (χ1) is 8.02. The predicted octanol–water partition coefficient (Wildman–Crippen LogP) is 3.49. The standard InChI is InChI=1S/C12H16Cl2N2S/c1-2-16(6-5-12(15)17)8-9-3-4-10(13)11(14)7-9/h3-4,7H,2,5-6,8H2,1H3,(H2,15,17). The number of halogens is 2. The van der Waals surface area contributed by atoms with Crippen LogP contribution in [0.25, 0.3) is 0 Å². The first kappa shape index (κ1) is 14.7. The van der Waals surface area contributed by atoms with Crippen LogP contribution in [0.15, 0.2) is 18.2 Å². The molecule has 0 spiro atoms. The average molecular weight is 291 g/mol. The Labute approximate surface area is 118 Å². The first-order valence-corrected chi connectivity index (χ1v) is 6.64. The van der Waals surface area contributed by atoms with Crippen molar-refractivity contribution >= 4 is 40.4 Å². The molecule has 0 amide bonds. The van der Waals surface area contributed by atoms with Gasteiger partial charge in [-0.15, -0.1) is 0 Å². The molecule has 1 rings (SSSR count). The predicted molar refractivity (Wildman–Crippen MR) is 78.8 cm³/mol. The van der Waals surface area contributed by atoms with E-state index < -0.39 is 0 Å². The molecule has 0 unspecified atom stereocenters.